The number of ether oxygens (including phenoxy) is 6. The van der Waals surface area contributed by atoms with Gasteiger partial charge in [0.1, 0.15) is 5.75 Å². The normalized spacial score (nSPS) is 21.9. The van der Waals surface area contributed by atoms with Gasteiger partial charge in [-0.1, -0.05) is 0 Å². The fraction of sp³-hybridized carbons (Fsp3) is 0.583. The van der Waals surface area contributed by atoms with E-state index in [0.717, 1.165) is 0 Å². The van der Waals surface area contributed by atoms with Crippen molar-refractivity contribution in [2.24, 2.45) is 0 Å². The Hall–Kier alpha value is -3.02. The molecule has 1 spiro atoms. The van der Waals surface area contributed by atoms with E-state index >= 15 is 0 Å². The molecule has 2 saturated heterocycles. The number of hydrogen-bond acceptors (Lipinski definition) is 9. The zero-order valence-electron chi connectivity index (χ0n) is 20.6. The quantitative estimate of drug-likeness (QED) is 0.524. The molecule has 2 N–H and O–H groups in total. The van der Waals surface area contributed by atoms with Crippen molar-refractivity contribution in [1.82, 2.24) is 15.5 Å². The van der Waals surface area contributed by atoms with E-state index in [-0.39, 0.29) is 6.61 Å². The summed E-state index contributed by atoms with van der Waals surface area (Å²) in [4.78, 5) is 28.1. The SMILES string of the molecule is CCOC(=O)C1=C(CN2CCC3(CC2)OCCO3)NC(=O)NC1c1cc(OC)c(OC)cc1OC. The predicted octanol–water partition coefficient (Wildman–Crippen LogP) is 1.72. The number of carbonyl (C=O) groups excluding carboxylic acids is 2. The van der Waals surface area contributed by atoms with Gasteiger partial charge in [-0.05, 0) is 13.0 Å². The van der Waals surface area contributed by atoms with Crippen LogP contribution in [0.4, 0.5) is 4.79 Å². The summed E-state index contributed by atoms with van der Waals surface area (Å²) in [5.41, 5.74) is 1.34. The highest BCUT2D eigenvalue weighted by atomic mass is 16.7. The molecule has 2 fully saturated rings. The van der Waals surface area contributed by atoms with Crippen molar-refractivity contribution in [3.05, 3.63) is 29.0 Å². The van der Waals surface area contributed by atoms with Gasteiger partial charge in [0.2, 0.25) is 0 Å². The van der Waals surface area contributed by atoms with Crippen LogP contribution in [0.25, 0.3) is 0 Å². The van der Waals surface area contributed by atoms with Crippen LogP contribution in [-0.4, -0.2) is 83.5 Å². The number of likely N-dealkylation sites (tertiary alicyclic amines) is 1. The Morgan fingerprint density at radius 2 is 1.69 bits per heavy atom. The lowest BCUT2D eigenvalue weighted by Crippen LogP contribution is -2.51. The molecule has 0 radical (unpaired) electrons. The highest BCUT2D eigenvalue weighted by molar-refractivity contribution is 5.95. The first kappa shape index (κ1) is 25.1. The molecular formula is C24H33N3O8. The van der Waals surface area contributed by atoms with Gasteiger partial charge in [-0.15, -0.1) is 0 Å². The molecule has 11 nitrogen and oxygen atoms in total. The molecule has 3 heterocycles. The van der Waals surface area contributed by atoms with E-state index in [4.69, 9.17) is 28.4 Å². The first-order chi connectivity index (χ1) is 16.9. The second kappa shape index (κ2) is 10.7. The highest BCUT2D eigenvalue weighted by Gasteiger charge is 2.41. The number of urea groups is 1. The third-order valence-corrected chi connectivity index (χ3v) is 6.51. The third kappa shape index (κ3) is 5.16. The standard InChI is InChI=1S/C24H33N3O8/c1-5-33-22(28)20-16(14-27-8-6-24(7-9-27)34-10-11-35-24)25-23(29)26-21(20)15-12-18(31-3)19(32-4)13-17(15)30-2/h12-13,21H,5-11,14H2,1-4H3,(H2,25,26,29). The zero-order chi connectivity index (χ0) is 25.0. The molecular weight excluding hydrogens is 458 g/mol. The van der Waals surface area contributed by atoms with Crippen molar-refractivity contribution in [3.63, 3.8) is 0 Å². The summed E-state index contributed by atoms with van der Waals surface area (Å²) in [6.45, 7) is 4.92. The molecule has 1 aromatic carbocycles. The Morgan fingerprint density at radius 3 is 2.29 bits per heavy atom. The van der Waals surface area contributed by atoms with Crippen molar-refractivity contribution in [2.75, 3.05) is 60.8 Å². The van der Waals surface area contributed by atoms with Crippen LogP contribution in [0.3, 0.4) is 0 Å². The Morgan fingerprint density at radius 1 is 1.06 bits per heavy atom. The van der Waals surface area contributed by atoms with Gasteiger partial charge in [0.25, 0.3) is 0 Å². The second-order valence-corrected chi connectivity index (χ2v) is 8.48. The average molecular weight is 492 g/mol. The molecule has 192 valence electrons. The van der Waals surface area contributed by atoms with Gasteiger partial charge in [0.05, 0.1) is 52.8 Å². The van der Waals surface area contributed by atoms with Gasteiger partial charge < -0.3 is 39.1 Å². The van der Waals surface area contributed by atoms with Gasteiger partial charge in [0, 0.05) is 49.8 Å². The van der Waals surface area contributed by atoms with Crippen LogP contribution >= 0.6 is 0 Å². The van der Waals surface area contributed by atoms with Crippen LogP contribution < -0.4 is 24.8 Å². The molecule has 0 aliphatic carbocycles. The van der Waals surface area contributed by atoms with Crippen molar-refractivity contribution in [2.45, 2.75) is 31.6 Å². The maximum Gasteiger partial charge on any atom is 0.338 e. The molecule has 11 heteroatoms. The minimum Gasteiger partial charge on any atom is -0.496 e. The minimum atomic E-state index is -0.815. The van der Waals surface area contributed by atoms with Crippen molar-refractivity contribution < 1.29 is 38.0 Å². The molecule has 4 rings (SSSR count). The first-order valence-corrected chi connectivity index (χ1v) is 11.7. The number of carbonyl (C=O) groups is 2. The van der Waals surface area contributed by atoms with E-state index in [2.05, 4.69) is 15.5 Å². The van der Waals surface area contributed by atoms with Crippen LogP contribution in [0, 0.1) is 0 Å². The summed E-state index contributed by atoms with van der Waals surface area (Å²) in [5, 5.41) is 5.68. The smallest absolute Gasteiger partial charge is 0.338 e. The molecule has 1 atom stereocenters. The number of nitrogens with one attached hydrogen (secondary N) is 2. The lowest BCUT2D eigenvalue weighted by molar-refractivity contribution is -0.184. The number of esters is 1. The number of nitrogens with zero attached hydrogens (tertiary/aromatic N) is 1. The second-order valence-electron chi connectivity index (χ2n) is 8.48. The van der Waals surface area contributed by atoms with Crippen LogP contribution in [0.2, 0.25) is 0 Å². The Balaban J connectivity index is 1.69. The number of piperidine rings is 1. The maximum atomic E-state index is 13.2. The molecule has 1 unspecified atom stereocenters. The molecule has 1 aromatic rings. The van der Waals surface area contributed by atoms with E-state index in [1.807, 2.05) is 0 Å². The Bertz CT molecular complexity index is 979. The first-order valence-electron chi connectivity index (χ1n) is 11.7. The summed E-state index contributed by atoms with van der Waals surface area (Å²) in [6.07, 6.45) is 1.43. The van der Waals surface area contributed by atoms with E-state index in [9.17, 15) is 9.59 Å². The topological polar surface area (TPSA) is 117 Å². The summed E-state index contributed by atoms with van der Waals surface area (Å²) < 4.78 is 33.5. The van der Waals surface area contributed by atoms with E-state index in [1.54, 1.807) is 19.1 Å². The van der Waals surface area contributed by atoms with Crippen LogP contribution in [0.15, 0.2) is 23.4 Å². The van der Waals surface area contributed by atoms with Gasteiger partial charge in [-0.3, -0.25) is 4.90 Å². The monoisotopic (exact) mass is 491 g/mol. The predicted molar refractivity (Wildman–Crippen MR) is 124 cm³/mol. The van der Waals surface area contributed by atoms with Gasteiger partial charge in [-0.25, -0.2) is 9.59 Å². The van der Waals surface area contributed by atoms with E-state index in [0.29, 0.717) is 79.8 Å². The number of methoxy groups -OCH3 is 3. The molecule has 35 heavy (non-hydrogen) atoms. The van der Waals surface area contributed by atoms with E-state index < -0.39 is 23.8 Å². The Labute approximate surface area is 204 Å². The maximum absolute atomic E-state index is 13.2. The zero-order valence-corrected chi connectivity index (χ0v) is 20.6. The van der Waals surface area contributed by atoms with Gasteiger partial charge in [0.15, 0.2) is 17.3 Å². The van der Waals surface area contributed by atoms with Crippen molar-refractivity contribution >= 4 is 12.0 Å². The molecule has 3 aliphatic heterocycles. The molecule has 0 aromatic heterocycles. The molecule has 0 bridgehead atoms. The van der Waals surface area contributed by atoms with Gasteiger partial charge in [-0.2, -0.15) is 0 Å². The molecule has 0 saturated carbocycles. The minimum absolute atomic E-state index is 0.195. The number of rotatable bonds is 8. The summed E-state index contributed by atoms with van der Waals surface area (Å²) in [5.74, 6) is 0.314. The average Bonchev–Trinajstić information content (AvgIpc) is 3.32. The number of hydrogen-bond donors (Lipinski definition) is 2. The van der Waals surface area contributed by atoms with Gasteiger partial charge >= 0.3 is 12.0 Å². The van der Waals surface area contributed by atoms with Crippen LogP contribution in [0.5, 0.6) is 17.2 Å². The van der Waals surface area contributed by atoms with Crippen molar-refractivity contribution in [1.29, 1.82) is 0 Å². The fourth-order valence-corrected chi connectivity index (χ4v) is 4.77. The Kier molecular flexibility index (Phi) is 7.68. The van der Waals surface area contributed by atoms with Crippen LogP contribution in [-0.2, 0) is 19.0 Å². The lowest BCUT2D eigenvalue weighted by atomic mass is 9.93. The van der Waals surface area contributed by atoms with Crippen molar-refractivity contribution in [3.8, 4) is 17.2 Å². The largest absolute Gasteiger partial charge is 0.496 e. The summed E-state index contributed by atoms with van der Waals surface area (Å²) in [7, 11) is 4.55. The van der Waals surface area contributed by atoms with E-state index in [1.165, 1.54) is 21.3 Å². The molecule has 3 aliphatic rings. The molecule has 2 amide bonds. The highest BCUT2D eigenvalue weighted by Crippen LogP contribution is 2.41. The third-order valence-electron chi connectivity index (χ3n) is 6.51. The summed E-state index contributed by atoms with van der Waals surface area (Å²) >= 11 is 0. The summed E-state index contributed by atoms with van der Waals surface area (Å²) in [6, 6.07) is 2.12. The number of amides is 2. The number of benzene rings is 1. The fourth-order valence-electron chi connectivity index (χ4n) is 4.77. The lowest BCUT2D eigenvalue weighted by Gasteiger charge is -2.39. The van der Waals surface area contributed by atoms with Crippen LogP contribution in [0.1, 0.15) is 31.4 Å².